The number of carbonyl (C=O) groups excluding carboxylic acids is 2. The molecule has 6 unspecified atom stereocenters. The molecule has 6 N–H and O–H groups in total. The minimum absolute atomic E-state index is 0.105. The molecular weight excluding hydrogens is 803 g/mol. The van der Waals surface area contributed by atoms with Crippen LogP contribution < -0.4 is 0 Å². The monoisotopic (exact) mass is 895 g/mol. The number of unbranched alkanes of at least 4 members (excludes halogenated alkanes) is 30. The minimum atomic E-state index is -5.11. The quantitative estimate of drug-likeness (QED) is 0.0192. The van der Waals surface area contributed by atoms with Crippen LogP contribution in [0.5, 0.6) is 0 Å². The first-order chi connectivity index (χ1) is 29.4. The lowest BCUT2D eigenvalue weighted by Gasteiger charge is -2.41. The Morgan fingerprint density at radius 1 is 0.443 bits per heavy atom. The highest BCUT2D eigenvalue weighted by Gasteiger charge is 2.51. The van der Waals surface area contributed by atoms with Gasteiger partial charge < -0.3 is 39.9 Å². The second kappa shape index (κ2) is 38.2. The second-order valence-electron chi connectivity index (χ2n) is 17.7. The molecule has 0 aromatic rings. The molecule has 6 atom stereocenters. The van der Waals surface area contributed by atoms with Crippen molar-refractivity contribution in [3.05, 3.63) is 0 Å². The third-order valence-electron chi connectivity index (χ3n) is 11.9. The van der Waals surface area contributed by atoms with Crippen molar-refractivity contribution in [1.29, 1.82) is 0 Å². The van der Waals surface area contributed by atoms with Gasteiger partial charge in [-0.3, -0.25) is 18.6 Å². The Kier molecular flexibility index (Phi) is 36.2. The molecule has 0 spiro atoms. The summed E-state index contributed by atoms with van der Waals surface area (Å²) >= 11 is 0. The molecular formula is C47H91O13P. The van der Waals surface area contributed by atoms with E-state index in [1.165, 1.54) is 154 Å². The van der Waals surface area contributed by atoms with Crippen molar-refractivity contribution in [3.8, 4) is 0 Å². The Morgan fingerprint density at radius 2 is 0.738 bits per heavy atom. The van der Waals surface area contributed by atoms with Crippen LogP contribution >= 0.6 is 7.82 Å². The Bertz CT molecular complexity index is 1080. The van der Waals surface area contributed by atoms with E-state index in [1.807, 2.05) is 0 Å². The van der Waals surface area contributed by atoms with E-state index in [9.17, 15) is 44.6 Å². The number of phosphoric ester groups is 1. The highest BCUT2D eigenvalue weighted by Crippen LogP contribution is 2.47. The van der Waals surface area contributed by atoms with Gasteiger partial charge in [-0.15, -0.1) is 0 Å². The van der Waals surface area contributed by atoms with Crippen molar-refractivity contribution in [3.63, 3.8) is 0 Å². The molecule has 0 bridgehead atoms. The number of carbonyl (C=O) groups is 2. The topological polar surface area (TPSA) is 210 Å². The fraction of sp³-hybridized carbons (Fsp3) is 0.957. The molecule has 0 aromatic carbocycles. The maximum atomic E-state index is 12.8. The van der Waals surface area contributed by atoms with Gasteiger partial charge in [-0.1, -0.05) is 206 Å². The van der Waals surface area contributed by atoms with Crippen molar-refractivity contribution >= 4 is 19.8 Å². The van der Waals surface area contributed by atoms with Crippen LogP contribution in [0, 0.1) is 0 Å². The van der Waals surface area contributed by atoms with Gasteiger partial charge in [-0.2, -0.15) is 0 Å². The Hall–Kier alpha value is -1.15. The average molecular weight is 895 g/mol. The number of phosphoric acid groups is 1. The molecule has 1 aliphatic rings. The van der Waals surface area contributed by atoms with E-state index in [-0.39, 0.29) is 12.8 Å². The standard InChI is InChI=1S/C47H91O13P/c1-3-5-7-9-11-13-15-17-19-20-22-24-26-28-30-32-34-36-41(49)59-39(38-58-61(55,56)60-47-45(53)43(51)42(50)44(52)46(47)54)37-57-40(48)35-33-31-29-27-25-23-21-18-16-14-12-10-8-6-4-2/h39,42-47,50-54H,3-38H2,1-2H3,(H,55,56). The zero-order valence-electron chi connectivity index (χ0n) is 38.5. The summed E-state index contributed by atoms with van der Waals surface area (Å²) in [5.41, 5.74) is 0. The smallest absolute Gasteiger partial charge is 0.462 e. The molecule has 362 valence electrons. The van der Waals surface area contributed by atoms with Crippen molar-refractivity contribution in [2.24, 2.45) is 0 Å². The molecule has 1 aliphatic carbocycles. The first-order valence-corrected chi connectivity index (χ1v) is 26.3. The number of aliphatic hydroxyl groups excluding tert-OH is 5. The van der Waals surface area contributed by atoms with E-state index in [1.54, 1.807) is 0 Å². The predicted octanol–water partition coefficient (Wildman–Crippen LogP) is 10.1. The number of hydrogen-bond acceptors (Lipinski definition) is 12. The molecule has 0 saturated heterocycles. The Balaban J connectivity index is 2.40. The van der Waals surface area contributed by atoms with E-state index in [0.29, 0.717) is 12.8 Å². The molecule has 0 heterocycles. The average Bonchev–Trinajstić information content (AvgIpc) is 3.24. The summed E-state index contributed by atoms with van der Waals surface area (Å²) in [4.78, 5) is 35.8. The summed E-state index contributed by atoms with van der Waals surface area (Å²) in [5.74, 6) is -1.08. The van der Waals surface area contributed by atoms with Crippen molar-refractivity contribution in [2.45, 2.75) is 275 Å². The SMILES string of the molecule is CCCCCCCCCCCCCCCCCCCC(=O)OC(COC(=O)CCCCCCCCCCCCCCCCC)COP(=O)(O)OC1C(O)C(O)C(O)C(O)C1O. The first-order valence-electron chi connectivity index (χ1n) is 24.8. The molecule has 0 aromatic heterocycles. The van der Waals surface area contributed by atoms with Gasteiger partial charge in [0, 0.05) is 12.8 Å². The van der Waals surface area contributed by atoms with Gasteiger partial charge in [0.1, 0.15) is 43.2 Å². The van der Waals surface area contributed by atoms with Crippen LogP contribution in [0.3, 0.4) is 0 Å². The van der Waals surface area contributed by atoms with Crippen molar-refractivity contribution in [1.82, 2.24) is 0 Å². The number of esters is 2. The highest BCUT2D eigenvalue weighted by atomic mass is 31.2. The maximum Gasteiger partial charge on any atom is 0.472 e. The van der Waals surface area contributed by atoms with Gasteiger partial charge in [0.15, 0.2) is 6.10 Å². The Labute approximate surface area is 370 Å². The van der Waals surface area contributed by atoms with Crippen molar-refractivity contribution < 1.29 is 63.1 Å². The fourth-order valence-electron chi connectivity index (χ4n) is 7.94. The number of aliphatic hydroxyl groups is 5. The van der Waals surface area contributed by atoms with Crippen LogP contribution in [0.15, 0.2) is 0 Å². The summed E-state index contributed by atoms with van der Waals surface area (Å²) in [7, 11) is -5.11. The largest absolute Gasteiger partial charge is 0.472 e. The number of rotatable bonds is 42. The number of ether oxygens (including phenoxy) is 2. The van der Waals surface area contributed by atoms with Crippen LogP contribution in [0.1, 0.15) is 232 Å². The summed E-state index contributed by atoms with van der Waals surface area (Å²) in [6.07, 6.45) is 25.8. The molecule has 14 heteroatoms. The van der Waals surface area contributed by atoms with E-state index in [0.717, 1.165) is 38.5 Å². The van der Waals surface area contributed by atoms with Crippen LogP contribution in [0.4, 0.5) is 0 Å². The van der Waals surface area contributed by atoms with Gasteiger partial charge >= 0.3 is 19.8 Å². The molecule has 1 fully saturated rings. The number of hydrogen-bond donors (Lipinski definition) is 6. The molecule has 1 rings (SSSR count). The molecule has 0 aliphatic heterocycles. The van der Waals surface area contributed by atoms with Gasteiger partial charge in [0.2, 0.25) is 0 Å². The van der Waals surface area contributed by atoms with Gasteiger partial charge in [-0.25, -0.2) is 4.57 Å². The summed E-state index contributed by atoms with van der Waals surface area (Å²) < 4.78 is 33.6. The third kappa shape index (κ3) is 30.6. The normalized spacial score (nSPS) is 21.9. The van der Waals surface area contributed by atoms with Crippen molar-refractivity contribution in [2.75, 3.05) is 13.2 Å². The Morgan fingerprint density at radius 3 is 1.08 bits per heavy atom. The zero-order chi connectivity index (χ0) is 45.0. The minimum Gasteiger partial charge on any atom is -0.462 e. The van der Waals surface area contributed by atoms with E-state index in [2.05, 4.69) is 13.8 Å². The van der Waals surface area contributed by atoms with E-state index >= 15 is 0 Å². The molecule has 0 radical (unpaired) electrons. The van der Waals surface area contributed by atoms with Crippen LogP contribution in [-0.4, -0.2) is 98.3 Å². The summed E-state index contributed by atoms with van der Waals surface area (Å²) in [6.45, 7) is 3.34. The molecule has 13 nitrogen and oxygen atoms in total. The first kappa shape index (κ1) is 57.9. The van der Waals surface area contributed by atoms with Gasteiger partial charge in [0.25, 0.3) is 0 Å². The lowest BCUT2D eigenvalue weighted by atomic mass is 9.85. The summed E-state index contributed by atoms with van der Waals surface area (Å²) in [5, 5.41) is 50.2. The van der Waals surface area contributed by atoms with Crippen LogP contribution in [-0.2, 0) is 32.7 Å². The fourth-order valence-corrected chi connectivity index (χ4v) is 8.91. The molecule has 0 amide bonds. The van der Waals surface area contributed by atoms with Crippen LogP contribution in [0.2, 0.25) is 0 Å². The summed E-state index contributed by atoms with van der Waals surface area (Å²) in [6, 6.07) is 0. The molecule has 61 heavy (non-hydrogen) atoms. The second-order valence-corrected chi connectivity index (χ2v) is 19.1. The van der Waals surface area contributed by atoms with Gasteiger partial charge in [-0.05, 0) is 12.8 Å². The lowest BCUT2D eigenvalue weighted by Crippen LogP contribution is -2.64. The van der Waals surface area contributed by atoms with E-state index < -0.39 is 75.7 Å². The predicted molar refractivity (Wildman–Crippen MR) is 240 cm³/mol. The maximum absolute atomic E-state index is 12.8. The molecule has 1 saturated carbocycles. The lowest BCUT2D eigenvalue weighted by molar-refractivity contribution is -0.220. The third-order valence-corrected chi connectivity index (χ3v) is 12.9. The zero-order valence-corrected chi connectivity index (χ0v) is 39.4. The van der Waals surface area contributed by atoms with E-state index in [4.69, 9.17) is 18.5 Å². The van der Waals surface area contributed by atoms with Crippen LogP contribution in [0.25, 0.3) is 0 Å². The highest BCUT2D eigenvalue weighted by molar-refractivity contribution is 7.47. The van der Waals surface area contributed by atoms with Gasteiger partial charge in [0.05, 0.1) is 6.61 Å².